The minimum atomic E-state index is -0.980. The predicted octanol–water partition coefficient (Wildman–Crippen LogP) is 3.16. The number of thioether (sulfide) groups is 1. The Morgan fingerprint density at radius 2 is 2.00 bits per heavy atom. The Morgan fingerprint density at radius 3 is 2.62 bits per heavy atom. The summed E-state index contributed by atoms with van der Waals surface area (Å²) in [4.78, 5) is 25.7. The Kier molecular flexibility index (Phi) is 4.49. The van der Waals surface area contributed by atoms with Crippen LogP contribution in [0, 0.1) is 0 Å². The number of carbonyl (C=O) groups is 2. The van der Waals surface area contributed by atoms with E-state index >= 15 is 0 Å². The van der Waals surface area contributed by atoms with Gasteiger partial charge < -0.3 is 4.74 Å². The van der Waals surface area contributed by atoms with Gasteiger partial charge in [-0.3, -0.25) is 4.79 Å². The fourth-order valence-electron chi connectivity index (χ4n) is 2.87. The SMILES string of the molecule is CCOC(=O)C1=NN(c2ccccc2)C(=O)[C@]12CC(C)=C(C)CS2. The molecule has 0 saturated carbocycles. The van der Waals surface area contributed by atoms with Crippen LogP contribution in [0.4, 0.5) is 5.69 Å². The van der Waals surface area contributed by atoms with E-state index < -0.39 is 10.7 Å². The molecule has 1 amide bonds. The summed E-state index contributed by atoms with van der Waals surface area (Å²) < 4.78 is 4.19. The molecule has 0 saturated heterocycles. The van der Waals surface area contributed by atoms with E-state index in [4.69, 9.17) is 4.74 Å². The Hall–Kier alpha value is -2.08. The van der Waals surface area contributed by atoms with Crippen molar-refractivity contribution in [2.24, 2.45) is 5.10 Å². The molecule has 5 nitrogen and oxygen atoms in total. The molecule has 0 fully saturated rings. The number of hydrazone groups is 1. The van der Waals surface area contributed by atoms with Gasteiger partial charge in [0, 0.05) is 5.75 Å². The molecule has 6 heteroatoms. The van der Waals surface area contributed by atoms with Crippen molar-refractivity contribution >= 4 is 35.0 Å². The highest BCUT2D eigenvalue weighted by Crippen LogP contribution is 2.45. The molecule has 2 heterocycles. The second-order valence-corrected chi connectivity index (χ2v) is 7.25. The minimum Gasteiger partial charge on any atom is -0.461 e. The summed E-state index contributed by atoms with van der Waals surface area (Å²) >= 11 is 1.47. The minimum absolute atomic E-state index is 0.173. The van der Waals surface area contributed by atoms with Gasteiger partial charge in [0.2, 0.25) is 0 Å². The Balaban J connectivity index is 2.06. The Morgan fingerprint density at radius 1 is 1.29 bits per heavy atom. The molecule has 0 aliphatic carbocycles. The van der Waals surface area contributed by atoms with Crippen LogP contribution in [-0.4, -0.2) is 34.7 Å². The summed E-state index contributed by atoms with van der Waals surface area (Å²) in [5, 5.41) is 5.72. The van der Waals surface area contributed by atoms with Crippen molar-refractivity contribution < 1.29 is 14.3 Å². The first-order chi connectivity index (χ1) is 11.5. The van der Waals surface area contributed by atoms with Gasteiger partial charge in [0.25, 0.3) is 5.91 Å². The maximum Gasteiger partial charge on any atom is 0.356 e. The largest absolute Gasteiger partial charge is 0.461 e. The number of anilines is 1. The van der Waals surface area contributed by atoms with E-state index in [1.165, 1.54) is 22.3 Å². The molecule has 1 spiro atoms. The van der Waals surface area contributed by atoms with E-state index in [9.17, 15) is 9.59 Å². The van der Waals surface area contributed by atoms with E-state index in [1.54, 1.807) is 6.92 Å². The first-order valence-electron chi connectivity index (χ1n) is 7.94. The van der Waals surface area contributed by atoms with Gasteiger partial charge in [-0.1, -0.05) is 29.3 Å². The van der Waals surface area contributed by atoms with Crippen molar-refractivity contribution in [1.82, 2.24) is 0 Å². The monoisotopic (exact) mass is 344 g/mol. The van der Waals surface area contributed by atoms with Crippen LogP contribution in [0.15, 0.2) is 46.6 Å². The van der Waals surface area contributed by atoms with Crippen molar-refractivity contribution in [1.29, 1.82) is 0 Å². The van der Waals surface area contributed by atoms with E-state index in [0.717, 1.165) is 5.57 Å². The second-order valence-electron chi connectivity index (χ2n) is 5.97. The number of carbonyl (C=O) groups excluding carboxylic acids is 2. The van der Waals surface area contributed by atoms with Crippen LogP contribution in [0.3, 0.4) is 0 Å². The summed E-state index contributed by atoms with van der Waals surface area (Å²) in [6.07, 6.45) is 0.489. The number of hydrogen-bond acceptors (Lipinski definition) is 5. The van der Waals surface area contributed by atoms with Gasteiger partial charge in [-0.2, -0.15) is 10.1 Å². The second kappa shape index (κ2) is 6.43. The van der Waals surface area contributed by atoms with Gasteiger partial charge in [0.1, 0.15) is 0 Å². The highest BCUT2D eigenvalue weighted by Gasteiger charge is 2.56. The Labute approximate surface area is 145 Å². The zero-order chi connectivity index (χ0) is 17.3. The van der Waals surface area contributed by atoms with Gasteiger partial charge >= 0.3 is 5.97 Å². The fraction of sp³-hybridized carbons (Fsp3) is 0.389. The molecule has 2 aliphatic heterocycles. The molecule has 1 aromatic carbocycles. The molecule has 1 aromatic rings. The zero-order valence-corrected chi connectivity index (χ0v) is 14.9. The number of benzene rings is 1. The molecule has 0 bridgehead atoms. The van der Waals surface area contributed by atoms with Gasteiger partial charge in [-0.25, -0.2) is 4.79 Å². The number of hydrogen-bond donors (Lipinski definition) is 0. The molecule has 24 heavy (non-hydrogen) atoms. The van der Waals surface area contributed by atoms with Crippen LogP contribution in [0.2, 0.25) is 0 Å². The number of para-hydroxylation sites is 1. The van der Waals surface area contributed by atoms with Crippen molar-refractivity contribution in [2.45, 2.75) is 31.9 Å². The highest BCUT2D eigenvalue weighted by molar-refractivity contribution is 8.02. The molecule has 1 atom stereocenters. The lowest BCUT2D eigenvalue weighted by Gasteiger charge is -2.32. The van der Waals surface area contributed by atoms with Gasteiger partial charge in [0.15, 0.2) is 10.5 Å². The summed E-state index contributed by atoms with van der Waals surface area (Å²) in [6.45, 7) is 6.08. The lowest BCUT2D eigenvalue weighted by molar-refractivity contribution is -0.135. The number of allylic oxidation sites excluding steroid dienone is 1. The van der Waals surface area contributed by atoms with Gasteiger partial charge in [-0.15, -0.1) is 11.8 Å². The normalized spacial score (nSPS) is 23.7. The lowest BCUT2D eigenvalue weighted by atomic mass is 9.91. The third kappa shape index (κ3) is 2.65. The molecule has 0 radical (unpaired) electrons. The molecular formula is C18H20N2O3S. The maximum atomic E-state index is 13.2. The summed E-state index contributed by atoms with van der Waals surface area (Å²) in [5.74, 6) is 0.0243. The molecule has 2 aliphatic rings. The van der Waals surface area contributed by atoms with Crippen LogP contribution in [0.5, 0.6) is 0 Å². The van der Waals surface area contributed by atoms with Crippen molar-refractivity contribution in [2.75, 3.05) is 17.4 Å². The molecule has 0 unspecified atom stereocenters. The molecule has 3 rings (SSSR count). The highest BCUT2D eigenvalue weighted by atomic mass is 32.2. The van der Waals surface area contributed by atoms with Gasteiger partial charge in [0.05, 0.1) is 12.3 Å². The van der Waals surface area contributed by atoms with E-state index in [2.05, 4.69) is 12.0 Å². The lowest BCUT2D eigenvalue weighted by Crippen LogP contribution is -2.48. The number of amides is 1. The molecule has 126 valence electrons. The standard InChI is InChI=1S/C18H20N2O3S/c1-4-23-16(21)15-18(10-12(2)13(3)11-24-18)17(22)20(19-15)14-8-6-5-7-9-14/h5-9H,4,10-11H2,1-3H3/t18-/m0/s1. The van der Waals surface area contributed by atoms with Crippen molar-refractivity contribution in [3.05, 3.63) is 41.5 Å². The van der Waals surface area contributed by atoms with Crippen LogP contribution in [0.25, 0.3) is 0 Å². The topological polar surface area (TPSA) is 59.0 Å². The van der Waals surface area contributed by atoms with Crippen LogP contribution >= 0.6 is 11.8 Å². The third-order valence-corrected chi connectivity index (χ3v) is 5.95. The van der Waals surface area contributed by atoms with Crippen LogP contribution < -0.4 is 5.01 Å². The average Bonchev–Trinajstić information content (AvgIpc) is 2.85. The number of nitrogens with zero attached hydrogens (tertiary/aromatic N) is 2. The molecule has 0 aromatic heterocycles. The van der Waals surface area contributed by atoms with E-state index in [0.29, 0.717) is 17.9 Å². The van der Waals surface area contributed by atoms with Crippen LogP contribution in [0.1, 0.15) is 27.2 Å². The van der Waals surface area contributed by atoms with Crippen LogP contribution in [-0.2, 0) is 14.3 Å². The molecule has 0 N–H and O–H groups in total. The third-order valence-electron chi connectivity index (χ3n) is 4.37. The predicted molar refractivity (Wildman–Crippen MR) is 96.2 cm³/mol. The summed E-state index contributed by atoms with van der Waals surface area (Å²) in [7, 11) is 0. The quantitative estimate of drug-likeness (QED) is 0.624. The number of esters is 1. The zero-order valence-electron chi connectivity index (χ0n) is 14.0. The number of ether oxygens (including phenoxy) is 1. The van der Waals surface area contributed by atoms with Crippen molar-refractivity contribution in [3.63, 3.8) is 0 Å². The maximum absolute atomic E-state index is 13.2. The first kappa shape index (κ1) is 16.8. The fourth-order valence-corrected chi connectivity index (χ4v) is 4.37. The van der Waals surface area contributed by atoms with Gasteiger partial charge in [-0.05, 0) is 39.3 Å². The number of rotatable bonds is 3. The first-order valence-corrected chi connectivity index (χ1v) is 8.93. The Bertz CT molecular complexity index is 742. The van der Waals surface area contributed by atoms with E-state index in [-0.39, 0.29) is 18.2 Å². The smallest absolute Gasteiger partial charge is 0.356 e. The summed E-state index contributed by atoms with van der Waals surface area (Å²) in [5.41, 5.74) is 3.24. The summed E-state index contributed by atoms with van der Waals surface area (Å²) in [6, 6.07) is 9.18. The van der Waals surface area contributed by atoms with E-state index in [1.807, 2.05) is 37.3 Å². The average molecular weight is 344 g/mol. The molecular weight excluding hydrogens is 324 g/mol. The van der Waals surface area contributed by atoms with Crippen molar-refractivity contribution in [3.8, 4) is 0 Å².